The monoisotopic (exact) mass is 539 g/mol. The van der Waals surface area contributed by atoms with Crippen LogP contribution in [-0.4, -0.2) is 64.5 Å². The molecule has 1 aromatic heterocycles. The molecule has 0 saturated carbocycles. The molecule has 1 aromatic carbocycles. The lowest BCUT2D eigenvalue weighted by Crippen LogP contribution is -2.39. The van der Waals surface area contributed by atoms with Crippen molar-refractivity contribution in [2.45, 2.75) is 51.4 Å². The van der Waals surface area contributed by atoms with E-state index >= 15 is 0 Å². The van der Waals surface area contributed by atoms with E-state index in [9.17, 15) is 9.59 Å². The number of rotatable bonds is 11. The fourth-order valence-corrected chi connectivity index (χ4v) is 5.18. The number of fused-ring (bicyclic) bond motifs is 1. The Bertz CT molecular complexity index is 1390. The number of unbranched alkanes of at least 4 members (excludes halogenated alkanes) is 1. The van der Waals surface area contributed by atoms with Crippen molar-refractivity contribution in [1.82, 2.24) is 14.9 Å². The van der Waals surface area contributed by atoms with Gasteiger partial charge < -0.3 is 10.0 Å². The molecule has 1 aliphatic carbocycles. The molecule has 8 heteroatoms. The summed E-state index contributed by atoms with van der Waals surface area (Å²) in [7, 11) is 1.64. The lowest BCUT2D eigenvalue weighted by molar-refractivity contribution is -0.137. The average Bonchev–Trinajstić information content (AvgIpc) is 3.25. The van der Waals surface area contributed by atoms with E-state index in [1.54, 1.807) is 13.3 Å². The summed E-state index contributed by atoms with van der Waals surface area (Å²) in [5.41, 5.74) is 5.76. The second kappa shape index (κ2) is 14.3. The van der Waals surface area contributed by atoms with Gasteiger partial charge in [0.05, 0.1) is 28.8 Å². The van der Waals surface area contributed by atoms with Crippen molar-refractivity contribution in [3.8, 4) is 0 Å². The predicted molar refractivity (Wildman–Crippen MR) is 161 cm³/mol. The van der Waals surface area contributed by atoms with Gasteiger partial charge in [0.25, 0.3) is 0 Å². The number of aliphatic imine (C=N–C) groups is 2. The molecule has 1 fully saturated rings. The number of aliphatic carboxylic acids is 1. The molecule has 0 unspecified atom stereocenters. The Kier molecular flexibility index (Phi) is 10.3. The van der Waals surface area contributed by atoms with Gasteiger partial charge in [-0.2, -0.15) is 0 Å². The van der Waals surface area contributed by atoms with E-state index in [4.69, 9.17) is 15.1 Å². The van der Waals surface area contributed by atoms with Gasteiger partial charge in [-0.15, -0.1) is 0 Å². The summed E-state index contributed by atoms with van der Waals surface area (Å²) in [6.45, 7) is 5.65. The average molecular weight is 540 g/mol. The van der Waals surface area contributed by atoms with Crippen molar-refractivity contribution < 1.29 is 14.7 Å². The summed E-state index contributed by atoms with van der Waals surface area (Å²) >= 11 is 0. The molecule has 2 aliphatic rings. The second-order valence-corrected chi connectivity index (χ2v) is 10.2. The van der Waals surface area contributed by atoms with Gasteiger partial charge in [0, 0.05) is 38.3 Å². The standard InChI is InChI=1S/C32H37N5O3/c1-23(21-34-22-33-2)32-28(11-7-8-12-31(39)40)35-29-19-24(13-14-27(29)36-32)20-30(38)37-17-15-26(16-18-37)25-9-5-3-4-6-10-25/h3-6,9,13-14,19,21-22,26H,1,7-8,10-12,15-18,20H2,2H3,(H,39,40)/b33-22-,34-21-. The molecule has 1 aliphatic heterocycles. The van der Waals surface area contributed by atoms with Gasteiger partial charge in [0.2, 0.25) is 5.91 Å². The number of carboxylic acid groups (broad SMARTS) is 1. The number of allylic oxidation sites excluding steroid dienone is 7. The van der Waals surface area contributed by atoms with Gasteiger partial charge >= 0.3 is 5.97 Å². The highest BCUT2D eigenvalue weighted by atomic mass is 16.4. The zero-order valence-electron chi connectivity index (χ0n) is 23.1. The zero-order valence-corrected chi connectivity index (χ0v) is 23.1. The quantitative estimate of drug-likeness (QED) is 0.234. The molecular weight excluding hydrogens is 502 g/mol. The Morgan fingerprint density at radius 2 is 1.95 bits per heavy atom. The number of amides is 1. The van der Waals surface area contributed by atoms with Crippen LogP contribution < -0.4 is 0 Å². The van der Waals surface area contributed by atoms with Crippen molar-refractivity contribution >= 4 is 41.0 Å². The SMILES string of the molecule is C=C(/C=N\C=N/C)c1nc2ccc(CC(=O)N3CCC(C4=CC=CC=CC4)CC3)cc2nc1CCCCC(=O)O. The van der Waals surface area contributed by atoms with Crippen LogP contribution >= 0.6 is 0 Å². The summed E-state index contributed by atoms with van der Waals surface area (Å²) in [4.78, 5) is 43.8. The Labute approximate surface area is 235 Å². The lowest BCUT2D eigenvalue weighted by atomic mass is 9.87. The number of carboxylic acids is 1. The van der Waals surface area contributed by atoms with Crippen LogP contribution in [0.15, 0.2) is 70.7 Å². The van der Waals surface area contributed by atoms with Gasteiger partial charge in [0.1, 0.15) is 6.34 Å². The van der Waals surface area contributed by atoms with Gasteiger partial charge in [-0.3, -0.25) is 14.6 Å². The number of carbonyl (C=O) groups is 2. The number of nitrogens with zero attached hydrogens (tertiary/aromatic N) is 5. The molecule has 8 nitrogen and oxygen atoms in total. The Morgan fingerprint density at radius 3 is 2.73 bits per heavy atom. The first-order valence-electron chi connectivity index (χ1n) is 13.9. The Morgan fingerprint density at radius 1 is 1.12 bits per heavy atom. The van der Waals surface area contributed by atoms with Crippen LogP contribution in [0, 0.1) is 5.92 Å². The van der Waals surface area contributed by atoms with E-state index in [0.29, 0.717) is 53.9 Å². The minimum absolute atomic E-state index is 0.112. The van der Waals surface area contributed by atoms with Crippen LogP contribution in [-0.2, 0) is 22.4 Å². The number of piperidine rings is 1. The number of benzene rings is 1. The van der Waals surface area contributed by atoms with E-state index in [-0.39, 0.29) is 12.3 Å². The molecule has 0 radical (unpaired) electrons. The molecule has 1 amide bonds. The summed E-state index contributed by atoms with van der Waals surface area (Å²) in [6.07, 6.45) is 18.9. The van der Waals surface area contributed by atoms with Crippen LogP contribution in [0.5, 0.6) is 0 Å². The molecule has 2 heterocycles. The van der Waals surface area contributed by atoms with Crippen molar-refractivity contribution in [3.05, 3.63) is 77.7 Å². The van der Waals surface area contributed by atoms with Crippen LogP contribution in [0.25, 0.3) is 16.6 Å². The maximum atomic E-state index is 13.2. The minimum Gasteiger partial charge on any atom is -0.481 e. The van der Waals surface area contributed by atoms with Crippen molar-refractivity contribution in [3.63, 3.8) is 0 Å². The van der Waals surface area contributed by atoms with E-state index in [1.165, 1.54) is 11.9 Å². The number of hydrogen-bond donors (Lipinski definition) is 1. The first-order chi connectivity index (χ1) is 19.4. The number of aromatic nitrogens is 2. The fourth-order valence-electron chi connectivity index (χ4n) is 5.18. The maximum absolute atomic E-state index is 13.2. The molecule has 0 atom stereocenters. The van der Waals surface area contributed by atoms with Crippen LogP contribution in [0.3, 0.4) is 0 Å². The van der Waals surface area contributed by atoms with Gasteiger partial charge in [-0.1, -0.05) is 48.6 Å². The number of aryl methyl sites for hydroxylation is 1. The van der Waals surface area contributed by atoms with Crippen LogP contribution in [0.1, 0.15) is 55.5 Å². The van der Waals surface area contributed by atoms with E-state index in [1.807, 2.05) is 23.1 Å². The number of likely N-dealkylation sites (tertiary alicyclic amines) is 1. The molecule has 4 rings (SSSR count). The first kappa shape index (κ1) is 28.8. The summed E-state index contributed by atoms with van der Waals surface area (Å²) < 4.78 is 0. The van der Waals surface area contributed by atoms with Crippen molar-refractivity contribution in [1.29, 1.82) is 0 Å². The van der Waals surface area contributed by atoms with Gasteiger partial charge in [-0.25, -0.2) is 15.0 Å². The highest BCUT2D eigenvalue weighted by Crippen LogP contribution is 2.29. The maximum Gasteiger partial charge on any atom is 0.303 e. The third-order valence-corrected chi connectivity index (χ3v) is 7.32. The minimum atomic E-state index is -0.811. The summed E-state index contributed by atoms with van der Waals surface area (Å²) in [5.74, 6) is -0.146. The highest BCUT2D eigenvalue weighted by molar-refractivity contribution is 6.10. The number of hydrogen-bond acceptors (Lipinski definition) is 5. The molecule has 0 spiro atoms. The van der Waals surface area contributed by atoms with Crippen molar-refractivity contribution in [2.75, 3.05) is 20.1 Å². The molecule has 208 valence electrons. The first-order valence-corrected chi connectivity index (χ1v) is 13.9. The molecule has 0 bridgehead atoms. The van der Waals surface area contributed by atoms with Crippen LogP contribution in [0.2, 0.25) is 0 Å². The van der Waals surface area contributed by atoms with Gasteiger partial charge in [-0.05, 0) is 62.1 Å². The second-order valence-electron chi connectivity index (χ2n) is 10.2. The third kappa shape index (κ3) is 7.91. The van der Waals surface area contributed by atoms with E-state index in [2.05, 4.69) is 46.9 Å². The topological polar surface area (TPSA) is 108 Å². The molecular formula is C32H37N5O3. The van der Waals surface area contributed by atoms with E-state index < -0.39 is 5.97 Å². The summed E-state index contributed by atoms with van der Waals surface area (Å²) in [6, 6.07) is 5.77. The largest absolute Gasteiger partial charge is 0.481 e. The van der Waals surface area contributed by atoms with Crippen molar-refractivity contribution in [2.24, 2.45) is 15.9 Å². The molecule has 1 saturated heterocycles. The Balaban J connectivity index is 1.46. The molecule has 2 aromatic rings. The highest BCUT2D eigenvalue weighted by Gasteiger charge is 2.25. The smallest absolute Gasteiger partial charge is 0.303 e. The third-order valence-electron chi connectivity index (χ3n) is 7.32. The number of carbonyl (C=O) groups excluding carboxylic acids is 1. The zero-order chi connectivity index (χ0) is 28.3. The Hall–Kier alpha value is -4.20. The van der Waals surface area contributed by atoms with Gasteiger partial charge in [0.15, 0.2) is 0 Å². The van der Waals surface area contributed by atoms with E-state index in [0.717, 1.165) is 43.6 Å². The summed E-state index contributed by atoms with van der Waals surface area (Å²) in [5, 5.41) is 8.98. The fraction of sp³-hybridized carbons (Fsp3) is 0.375. The molecule has 1 N–H and O–H groups in total. The van der Waals surface area contributed by atoms with Crippen LogP contribution in [0.4, 0.5) is 0 Å². The molecule has 40 heavy (non-hydrogen) atoms. The normalized spacial score (nSPS) is 16.1. The lowest BCUT2D eigenvalue weighted by Gasteiger charge is -2.33. The predicted octanol–water partition coefficient (Wildman–Crippen LogP) is 5.39.